The largest absolute Gasteiger partial charge is 0.395 e. The van der Waals surface area contributed by atoms with Crippen LogP contribution < -0.4 is 5.32 Å². The molecule has 0 bridgehead atoms. The predicted octanol–water partition coefficient (Wildman–Crippen LogP) is 2.61. The monoisotopic (exact) mass is 293 g/mol. The number of nitrogens with zero attached hydrogens (tertiary/aromatic N) is 2. The Hall–Kier alpha value is -1.36. The molecule has 0 unspecified atom stereocenters. The minimum atomic E-state index is 0.171. The van der Waals surface area contributed by atoms with Gasteiger partial charge in [0.15, 0.2) is 0 Å². The van der Waals surface area contributed by atoms with E-state index in [-0.39, 0.29) is 12.6 Å². The molecule has 0 amide bonds. The van der Waals surface area contributed by atoms with Crippen LogP contribution in [0.1, 0.15) is 6.92 Å². The molecule has 0 radical (unpaired) electrons. The van der Waals surface area contributed by atoms with Crippen LogP contribution in [0.4, 0.5) is 5.69 Å². The zero-order valence-corrected chi connectivity index (χ0v) is 12.6. The third-order valence-corrected chi connectivity index (χ3v) is 3.74. The summed E-state index contributed by atoms with van der Waals surface area (Å²) in [6.07, 6.45) is 1.78. The van der Waals surface area contributed by atoms with E-state index in [9.17, 15) is 0 Å². The van der Waals surface area contributed by atoms with Crippen molar-refractivity contribution in [1.29, 1.82) is 0 Å². The molecule has 0 fully saturated rings. The molecule has 0 aliphatic carbocycles. The Balaban J connectivity index is 2.03. The van der Waals surface area contributed by atoms with Crippen LogP contribution in [0.2, 0.25) is 5.02 Å². The van der Waals surface area contributed by atoms with Crippen LogP contribution in [0, 0.1) is 0 Å². The summed E-state index contributed by atoms with van der Waals surface area (Å²) in [4.78, 5) is 6.44. The maximum Gasteiger partial charge on any atom is 0.0737 e. The fraction of sp³-hybridized carbons (Fsp3) is 0.400. The van der Waals surface area contributed by atoms with Crippen molar-refractivity contribution in [2.75, 3.05) is 32.1 Å². The Kier molecular flexibility index (Phi) is 5.17. The molecule has 1 aromatic carbocycles. The Morgan fingerprint density at radius 3 is 2.95 bits per heavy atom. The zero-order chi connectivity index (χ0) is 14.5. The Bertz CT molecular complexity index is 576. The zero-order valence-electron chi connectivity index (χ0n) is 11.8. The first-order valence-corrected chi connectivity index (χ1v) is 7.09. The molecule has 1 heterocycles. The van der Waals surface area contributed by atoms with Crippen molar-refractivity contribution in [3.05, 3.63) is 35.5 Å². The second kappa shape index (κ2) is 6.88. The fourth-order valence-corrected chi connectivity index (χ4v) is 2.17. The van der Waals surface area contributed by atoms with E-state index in [1.807, 2.05) is 38.2 Å². The van der Waals surface area contributed by atoms with Gasteiger partial charge in [-0.05, 0) is 38.2 Å². The highest BCUT2D eigenvalue weighted by atomic mass is 35.5. The smallest absolute Gasteiger partial charge is 0.0737 e. The Morgan fingerprint density at radius 1 is 1.40 bits per heavy atom. The maximum atomic E-state index is 9.11. The van der Waals surface area contributed by atoms with Gasteiger partial charge >= 0.3 is 0 Å². The third-order valence-electron chi connectivity index (χ3n) is 3.50. The van der Waals surface area contributed by atoms with Gasteiger partial charge in [-0.25, -0.2) is 0 Å². The van der Waals surface area contributed by atoms with Crippen LogP contribution in [0.3, 0.4) is 0 Å². The van der Waals surface area contributed by atoms with E-state index in [4.69, 9.17) is 16.7 Å². The van der Waals surface area contributed by atoms with Gasteiger partial charge in [-0.1, -0.05) is 11.6 Å². The first-order chi connectivity index (χ1) is 9.61. The van der Waals surface area contributed by atoms with E-state index in [1.54, 1.807) is 6.20 Å². The average Bonchev–Trinajstić information content (AvgIpc) is 2.46. The standard InChI is InChI=1S/C15H20ClN3O/c1-11(10-20)19(2)8-7-18-14-5-6-17-15-9-12(16)3-4-13(14)15/h3-6,9,11,20H,7-8,10H2,1-2H3,(H,17,18)/t11-/m0/s1. The van der Waals surface area contributed by atoms with Gasteiger partial charge in [0, 0.05) is 41.4 Å². The molecule has 108 valence electrons. The number of hydrogen-bond acceptors (Lipinski definition) is 4. The minimum Gasteiger partial charge on any atom is -0.395 e. The molecule has 20 heavy (non-hydrogen) atoms. The van der Waals surface area contributed by atoms with Crippen molar-refractivity contribution < 1.29 is 5.11 Å². The van der Waals surface area contributed by atoms with Crippen molar-refractivity contribution in [2.45, 2.75) is 13.0 Å². The normalized spacial score (nSPS) is 12.8. The van der Waals surface area contributed by atoms with Crippen molar-refractivity contribution in [2.24, 2.45) is 0 Å². The maximum absolute atomic E-state index is 9.11. The number of nitrogens with one attached hydrogen (secondary N) is 1. The van der Waals surface area contributed by atoms with E-state index in [2.05, 4.69) is 15.2 Å². The number of pyridine rings is 1. The number of aliphatic hydroxyl groups is 1. The molecular weight excluding hydrogens is 274 g/mol. The number of aromatic nitrogens is 1. The third kappa shape index (κ3) is 3.60. The number of aliphatic hydroxyl groups excluding tert-OH is 1. The van der Waals surface area contributed by atoms with Crippen molar-refractivity contribution in [3.63, 3.8) is 0 Å². The van der Waals surface area contributed by atoms with Gasteiger partial charge in [-0.3, -0.25) is 9.88 Å². The van der Waals surface area contributed by atoms with E-state index in [0.29, 0.717) is 5.02 Å². The van der Waals surface area contributed by atoms with E-state index in [1.165, 1.54) is 0 Å². The second-order valence-corrected chi connectivity index (χ2v) is 5.40. The summed E-state index contributed by atoms with van der Waals surface area (Å²) < 4.78 is 0. The summed E-state index contributed by atoms with van der Waals surface area (Å²) >= 11 is 5.98. The molecule has 0 saturated heterocycles. The van der Waals surface area contributed by atoms with Gasteiger partial charge in [0.05, 0.1) is 12.1 Å². The van der Waals surface area contributed by atoms with Crippen molar-refractivity contribution in [3.8, 4) is 0 Å². The molecule has 4 nitrogen and oxygen atoms in total. The van der Waals surface area contributed by atoms with Crippen molar-refractivity contribution in [1.82, 2.24) is 9.88 Å². The highest BCUT2D eigenvalue weighted by molar-refractivity contribution is 6.31. The summed E-state index contributed by atoms with van der Waals surface area (Å²) in [5.41, 5.74) is 1.94. The number of fused-ring (bicyclic) bond motifs is 1. The lowest BCUT2D eigenvalue weighted by Gasteiger charge is -2.23. The summed E-state index contributed by atoms with van der Waals surface area (Å²) in [5.74, 6) is 0. The molecule has 1 atom stereocenters. The van der Waals surface area contributed by atoms with Gasteiger partial charge in [0.1, 0.15) is 0 Å². The molecule has 0 aliphatic heterocycles. The molecular formula is C15H20ClN3O. The molecule has 2 rings (SSSR count). The summed E-state index contributed by atoms with van der Waals surface area (Å²) in [6.45, 7) is 3.85. The van der Waals surface area contributed by atoms with Crippen LogP contribution in [-0.4, -0.2) is 47.8 Å². The first-order valence-electron chi connectivity index (χ1n) is 6.71. The Morgan fingerprint density at radius 2 is 2.20 bits per heavy atom. The Labute approximate surface area is 124 Å². The van der Waals surface area contributed by atoms with Crippen LogP contribution in [-0.2, 0) is 0 Å². The highest BCUT2D eigenvalue weighted by Crippen LogP contribution is 2.24. The summed E-state index contributed by atoms with van der Waals surface area (Å²) in [7, 11) is 2.01. The predicted molar refractivity (Wildman–Crippen MR) is 84.4 cm³/mol. The molecule has 0 saturated carbocycles. The minimum absolute atomic E-state index is 0.171. The molecule has 0 aliphatic rings. The topological polar surface area (TPSA) is 48.4 Å². The van der Waals surface area contributed by atoms with Crippen LogP contribution in [0.5, 0.6) is 0 Å². The van der Waals surface area contributed by atoms with E-state index < -0.39 is 0 Å². The lowest BCUT2D eigenvalue weighted by atomic mass is 10.2. The summed E-state index contributed by atoms with van der Waals surface area (Å²) in [6, 6.07) is 7.85. The average molecular weight is 294 g/mol. The number of rotatable bonds is 6. The van der Waals surface area contributed by atoms with E-state index in [0.717, 1.165) is 29.7 Å². The lowest BCUT2D eigenvalue weighted by Crippen LogP contribution is -2.35. The summed E-state index contributed by atoms with van der Waals surface area (Å²) in [5, 5.41) is 14.3. The number of halogens is 1. The fourth-order valence-electron chi connectivity index (χ4n) is 2.00. The van der Waals surface area contributed by atoms with Crippen LogP contribution in [0.25, 0.3) is 10.9 Å². The quantitative estimate of drug-likeness (QED) is 0.859. The number of anilines is 1. The highest BCUT2D eigenvalue weighted by Gasteiger charge is 2.07. The molecule has 2 N–H and O–H groups in total. The van der Waals surface area contributed by atoms with Gasteiger partial charge in [-0.15, -0.1) is 0 Å². The SMILES string of the molecule is C[C@@H](CO)N(C)CCNc1ccnc2cc(Cl)ccc12. The molecule has 1 aromatic heterocycles. The number of hydrogen-bond donors (Lipinski definition) is 2. The lowest BCUT2D eigenvalue weighted by molar-refractivity contribution is 0.163. The second-order valence-electron chi connectivity index (χ2n) is 4.96. The number of benzene rings is 1. The molecule has 5 heteroatoms. The molecule has 0 spiro atoms. The first kappa shape index (κ1) is 15.0. The van der Waals surface area contributed by atoms with Crippen LogP contribution in [0.15, 0.2) is 30.5 Å². The van der Waals surface area contributed by atoms with Gasteiger partial charge in [0.25, 0.3) is 0 Å². The molecule has 2 aromatic rings. The van der Waals surface area contributed by atoms with E-state index >= 15 is 0 Å². The van der Waals surface area contributed by atoms with Gasteiger partial charge in [-0.2, -0.15) is 0 Å². The number of likely N-dealkylation sites (N-methyl/N-ethyl adjacent to an activating group) is 1. The van der Waals surface area contributed by atoms with Gasteiger partial charge in [0.2, 0.25) is 0 Å². The van der Waals surface area contributed by atoms with Crippen LogP contribution >= 0.6 is 11.6 Å². The van der Waals surface area contributed by atoms with Gasteiger partial charge < -0.3 is 10.4 Å². The van der Waals surface area contributed by atoms with Crippen molar-refractivity contribution >= 4 is 28.2 Å².